The molecule has 1 amide bonds. The van der Waals surface area contributed by atoms with Gasteiger partial charge in [-0.1, -0.05) is 0 Å². The molecule has 0 atom stereocenters. The number of hydrogen-bond donors (Lipinski definition) is 2. The number of amides is 1. The van der Waals surface area contributed by atoms with Gasteiger partial charge in [0.25, 0.3) is 0 Å². The zero-order chi connectivity index (χ0) is 7.40. The summed E-state index contributed by atoms with van der Waals surface area (Å²) in [5.74, 6) is 0.133. The second-order valence-corrected chi connectivity index (χ2v) is 2.28. The fourth-order valence-corrected chi connectivity index (χ4v) is 0.954. The molecule has 0 aromatic heterocycles. The number of hydrazine groups is 1. The van der Waals surface area contributed by atoms with Gasteiger partial charge in [0.2, 0.25) is 5.91 Å². The number of nitrogens with one attached hydrogen (secondary N) is 1. The molecular weight excluding hydrogens is 132 g/mol. The van der Waals surface area contributed by atoms with Crippen LogP contribution in [0.3, 0.4) is 0 Å². The van der Waals surface area contributed by atoms with Gasteiger partial charge in [-0.05, 0) is 6.42 Å². The Morgan fingerprint density at radius 2 is 2.50 bits per heavy atom. The number of hydrogen-bond acceptors (Lipinski definition) is 3. The summed E-state index contributed by atoms with van der Waals surface area (Å²) in [6, 6.07) is 0. The van der Waals surface area contributed by atoms with Crippen LogP contribution in [0.15, 0.2) is 0 Å². The standard InChI is InChI=1S/C6H12N2O2/c9-5-1-4-8-6(10)2-3-7-8/h7,9H,1-5H2. The van der Waals surface area contributed by atoms with E-state index in [1.165, 1.54) is 0 Å². The van der Waals surface area contributed by atoms with Gasteiger partial charge in [0, 0.05) is 26.1 Å². The number of rotatable bonds is 3. The van der Waals surface area contributed by atoms with Crippen molar-refractivity contribution in [1.82, 2.24) is 10.4 Å². The Balaban J connectivity index is 2.20. The predicted molar refractivity (Wildman–Crippen MR) is 36.0 cm³/mol. The Hall–Kier alpha value is -0.610. The third kappa shape index (κ3) is 1.68. The van der Waals surface area contributed by atoms with Gasteiger partial charge in [0.1, 0.15) is 0 Å². The normalized spacial score (nSPS) is 18.5. The van der Waals surface area contributed by atoms with Crippen molar-refractivity contribution in [2.75, 3.05) is 19.7 Å². The summed E-state index contributed by atoms with van der Waals surface area (Å²) >= 11 is 0. The number of aliphatic hydroxyl groups excluding tert-OH is 1. The lowest BCUT2D eigenvalue weighted by Crippen LogP contribution is -2.35. The lowest BCUT2D eigenvalue weighted by Gasteiger charge is -2.13. The highest BCUT2D eigenvalue weighted by Gasteiger charge is 2.18. The molecule has 58 valence electrons. The molecule has 2 N–H and O–H groups in total. The molecule has 1 heterocycles. The molecule has 0 aromatic carbocycles. The summed E-state index contributed by atoms with van der Waals surface area (Å²) in [7, 11) is 0. The van der Waals surface area contributed by atoms with E-state index in [0.717, 1.165) is 6.54 Å². The van der Waals surface area contributed by atoms with Crippen molar-refractivity contribution in [3.8, 4) is 0 Å². The topological polar surface area (TPSA) is 52.6 Å². The quantitative estimate of drug-likeness (QED) is 0.540. The van der Waals surface area contributed by atoms with Gasteiger partial charge in [0.15, 0.2) is 0 Å². The van der Waals surface area contributed by atoms with Crippen LogP contribution in [-0.2, 0) is 4.79 Å². The van der Waals surface area contributed by atoms with Crippen LogP contribution in [0.2, 0.25) is 0 Å². The number of nitrogens with zero attached hydrogens (tertiary/aromatic N) is 1. The van der Waals surface area contributed by atoms with Gasteiger partial charge in [-0.25, -0.2) is 5.43 Å². The van der Waals surface area contributed by atoms with Crippen molar-refractivity contribution in [3.05, 3.63) is 0 Å². The van der Waals surface area contributed by atoms with Crippen molar-refractivity contribution in [1.29, 1.82) is 0 Å². The first-order valence-electron chi connectivity index (χ1n) is 3.49. The Labute approximate surface area is 59.8 Å². The van der Waals surface area contributed by atoms with Crippen molar-refractivity contribution in [2.24, 2.45) is 0 Å². The molecule has 0 spiro atoms. The molecule has 1 aliphatic heterocycles. The van der Waals surface area contributed by atoms with Crippen LogP contribution in [-0.4, -0.2) is 35.7 Å². The monoisotopic (exact) mass is 144 g/mol. The van der Waals surface area contributed by atoms with Gasteiger partial charge in [0.05, 0.1) is 0 Å². The van der Waals surface area contributed by atoms with Crippen molar-refractivity contribution < 1.29 is 9.90 Å². The maximum atomic E-state index is 10.9. The minimum absolute atomic E-state index is 0.133. The van der Waals surface area contributed by atoms with Crippen LogP contribution >= 0.6 is 0 Å². The van der Waals surface area contributed by atoms with E-state index in [1.807, 2.05) is 0 Å². The van der Waals surface area contributed by atoms with Crippen LogP contribution in [0, 0.1) is 0 Å². The van der Waals surface area contributed by atoms with E-state index in [4.69, 9.17) is 5.11 Å². The van der Waals surface area contributed by atoms with Gasteiger partial charge in [-0.15, -0.1) is 0 Å². The smallest absolute Gasteiger partial charge is 0.238 e. The van der Waals surface area contributed by atoms with E-state index in [0.29, 0.717) is 19.4 Å². The highest BCUT2D eigenvalue weighted by Crippen LogP contribution is 1.98. The summed E-state index contributed by atoms with van der Waals surface area (Å²) in [5, 5.41) is 10.0. The van der Waals surface area contributed by atoms with Gasteiger partial charge < -0.3 is 5.11 Å². The summed E-state index contributed by atoms with van der Waals surface area (Å²) < 4.78 is 0. The van der Waals surface area contributed by atoms with E-state index in [-0.39, 0.29) is 12.5 Å². The Morgan fingerprint density at radius 1 is 1.70 bits per heavy atom. The molecule has 1 rings (SSSR count). The lowest BCUT2D eigenvalue weighted by molar-refractivity contribution is -0.129. The van der Waals surface area contributed by atoms with Crippen LogP contribution in [0.25, 0.3) is 0 Å². The Bertz CT molecular complexity index is 127. The largest absolute Gasteiger partial charge is 0.396 e. The lowest BCUT2D eigenvalue weighted by atomic mass is 10.4. The van der Waals surface area contributed by atoms with E-state index < -0.39 is 0 Å². The van der Waals surface area contributed by atoms with Crippen molar-refractivity contribution in [3.63, 3.8) is 0 Å². The van der Waals surface area contributed by atoms with E-state index in [9.17, 15) is 4.79 Å². The second-order valence-electron chi connectivity index (χ2n) is 2.28. The first-order chi connectivity index (χ1) is 4.84. The molecule has 1 aliphatic rings. The summed E-state index contributed by atoms with van der Waals surface area (Å²) in [5.41, 5.74) is 2.91. The predicted octanol–water partition coefficient (Wildman–Crippen LogP) is -0.894. The average Bonchev–Trinajstić information content (AvgIpc) is 2.31. The van der Waals surface area contributed by atoms with Gasteiger partial charge in [-0.2, -0.15) is 0 Å². The molecule has 4 heteroatoms. The highest BCUT2D eigenvalue weighted by atomic mass is 16.3. The zero-order valence-electron chi connectivity index (χ0n) is 5.84. The molecule has 0 aliphatic carbocycles. The Kier molecular flexibility index (Phi) is 2.65. The van der Waals surface area contributed by atoms with Crippen LogP contribution in [0.4, 0.5) is 0 Å². The first-order valence-corrected chi connectivity index (χ1v) is 3.49. The SMILES string of the molecule is O=C1CCNN1CCCO. The first kappa shape index (κ1) is 7.50. The van der Waals surface area contributed by atoms with Gasteiger partial charge >= 0.3 is 0 Å². The van der Waals surface area contributed by atoms with Crippen molar-refractivity contribution >= 4 is 5.91 Å². The molecule has 0 saturated carbocycles. The van der Waals surface area contributed by atoms with Crippen LogP contribution in [0.5, 0.6) is 0 Å². The molecule has 0 aromatic rings. The summed E-state index contributed by atoms with van der Waals surface area (Å²) in [4.78, 5) is 10.9. The molecule has 4 nitrogen and oxygen atoms in total. The van der Waals surface area contributed by atoms with Crippen LogP contribution in [0.1, 0.15) is 12.8 Å². The minimum Gasteiger partial charge on any atom is -0.396 e. The number of aliphatic hydroxyl groups is 1. The third-order valence-electron chi connectivity index (χ3n) is 1.48. The molecule has 1 fully saturated rings. The fraction of sp³-hybridized carbons (Fsp3) is 0.833. The van der Waals surface area contributed by atoms with E-state index in [1.54, 1.807) is 5.01 Å². The van der Waals surface area contributed by atoms with Gasteiger partial charge in [-0.3, -0.25) is 9.80 Å². The average molecular weight is 144 g/mol. The fourth-order valence-electron chi connectivity index (χ4n) is 0.954. The maximum absolute atomic E-state index is 10.9. The zero-order valence-corrected chi connectivity index (χ0v) is 5.84. The molecule has 0 radical (unpaired) electrons. The second kappa shape index (κ2) is 3.53. The minimum atomic E-state index is 0.133. The van der Waals surface area contributed by atoms with Crippen molar-refractivity contribution in [2.45, 2.75) is 12.8 Å². The summed E-state index contributed by atoms with van der Waals surface area (Å²) in [6.45, 7) is 1.51. The third-order valence-corrected chi connectivity index (χ3v) is 1.48. The highest BCUT2D eigenvalue weighted by molar-refractivity contribution is 5.77. The molecule has 1 saturated heterocycles. The van der Waals surface area contributed by atoms with E-state index in [2.05, 4.69) is 5.43 Å². The maximum Gasteiger partial charge on any atom is 0.238 e. The summed E-state index contributed by atoms with van der Waals surface area (Å²) in [6.07, 6.45) is 1.24. The van der Waals surface area contributed by atoms with E-state index >= 15 is 0 Å². The Morgan fingerprint density at radius 3 is 3.00 bits per heavy atom. The molecule has 0 bridgehead atoms. The number of carbonyl (C=O) groups is 1. The van der Waals surface area contributed by atoms with Crippen LogP contribution < -0.4 is 5.43 Å². The molecule has 0 unspecified atom stereocenters. The molecule has 10 heavy (non-hydrogen) atoms. The number of carbonyl (C=O) groups excluding carboxylic acids is 1. The molecular formula is C6H12N2O2.